The molecular formula is C25H18N2O5S. The van der Waals surface area contributed by atoms with Crippen LogP contribution in [0.5, 0.6) is 5.75 Å². The number of carboxylic acid groups (broad SMARTS) is 1. The first-order chi connectivity index (χ1) is 15.9. The third-order valence-electron chi connectivity index (χ3n) is 4.89. The zero-order valence-corrected chi connectivity index (χ0v) is 18.0. The Balaban J connectivity index is 1.54. The summed E-state index contributed by atoms with van der Waals surface area (Å²) in [6.07, 6.45) is 1.45. The number of rotatable bonds is 6. The number of hydrogen-bond donors (Lipinski definition) is 2. The number of hydrogen-bond acceptors (Lipinski definition) is 5. The number of nitrogens with zero attached hydrogens (tertiary/aromatic N) is 1. The number of amides is 2. The summed E-state index contributed by atoms with van der Waals surface area (Å²) in [5.41, 5.74) is 1.78. The standard InChI is InChI=1S/C25H18N2O5S/c28-22-21(13-16-9-11-20(12-10-16)32-15-17-5-2-1-3-6-17)23(29)27(25(33)26-22)19-8-4-7-18(14-19)24(30)31/h1-14H,15H2,(H,30,31)(H,26,28,33). The van der Waals surface area contributed by atoms with Gasteiger partial charge in [-0.3, -0.25) is 19.8 Å². The molecule has 2 amide bonds. The van der Waals surface area contributed by atoms with Crippen LogP contribution >= 0.6 is 12.2 Å². The number of ether oxygens (including phenoxy) is 1. The Morgan fingerprint density at radius 2 is 1.73 bits per heavy atom. The second kappa shape index (κ2) is 9.46. The Morgan fingerprint density at radius 3 is 2.42 bits per heavy atom. The Bertz CT molecular complexity index is 1270. The van der Waals surface area contributed by atoms with Gasteiger partial charge in [0.2, 0.25) is 0 Å². The van der Waals surface area contributed by atoms with Crippen molar-refractivity contribution in [3.8, 4) is 5.75 Å². The maximum atomic E-state index is 13.1. The van der Waals surface area contributed by atoms with E-state index in [2.05, 4.69) is 5.32 Å². The highest BCUT2D eigenvalue weighted by Crippen LogP contribution is 2.24. The van der Waals surface area contributed by atoms with Crippen molar-refractivity contribution in [3.63, 3.8) is 0 Å². The summed E-state index contributed by atoms with van der Waals surface area (Å²) < 4.78 is 5.76. The molecule has 7 nitrogen and oxygen atoms in total. The number of nitrogens with one attached hydrogen (secondary N) is 1. The number of carbonyl (C=O) groups excluding carboxylic acids is 2. The van der Waals surface area contributed by atoms with Crippen LogP contribution in [0, 0.1) is 0 Å². The molecule has 1 aliphatic rings. The van der Waals surface area contributed by atoms with Crippen molar-refractivity contribution < 1.29 is 24.2 Å². The number of carboxylic acids is 1. The van der Waals surface area contributed by atoms with Crippen molar-refractivity contribution in [1.29, 1.82) is 0 Å². The normalized spacial score (nSPS) is 14.8. The van der Waals surface area contributed by atoms with Crippen molar-refractivity contribution in [2.75, 3.05) is 4.90 Å². The first-order valence-electron chi connectivity index (χ1n) is 9.94. The van der Waals surface area contributed by atoms with E-state index in [1.165, 1.54) is 24.3 Å². The van der Waals surface area contributed by atoms with Crippen molar-refractivity contribution in [2.24, 2.45) is 0 Å². The van der Waals surface area contributed by atoms with Crippen LogP contribution in [0.3, 0.4) is 0 Å². The van der Waals surface area contributed by atoms with Crippen LogP contribution in [0.1, 0.15) is 21.5 Å². The van der Waals surface area contributed by atoms with E-state index in [-0.39, 0.29) is 21.9 Å². The molecule has 0 aliphatic carbocycles. The Labute approximate surface area is 194 Å². The topological polar surface area (TPSA) is 95.9 Å². The molecule has 0 bridgehead atoms. The Kier molecular flexibility index (Phi) is 6.28. The summed E-state index contributed by atoms with van der Waals surface area (Å²) in [5, 5.41) is 11.6. The van der Waals surface area contributed by atoms with E-state index in [0.29, 0.717) is 17.9 Å². The number of anilines is 1. The van der Waals surface area contributed by atoms with E-state index in [4.69, 9.17) is 17.0 Å². The van der Waals surface area contributed by atoms with Gasteiger partial charge in [-0.1, -0.05) is 48.5 Å². The predicted octanol–water partition coefficient (Wildman–Crippen LogP) is 3.80. The molecule has 33 heavy (non-hydrogen) atoms. The fourth-order valence-electron chi connectivity index (χ4n) is 3.24. The smallest absolute Gasteiger partial charge is 0.335 e. The van der Waals surface area contributed by atoms with Gasteiger partial charge in [0.25, 0.3) is 11.8 Å². The zero-order valence-electron chi connectivity index (χ0n) is 17.2. The fraction of sp³-hybridized carbons (Fsp3) is 0.0400. The largest absolute Gasteiger partial charge is 0.489 e. The van der Waals surface area contributed by atoms with Gasteiger partial charge in [0, 0.05) is 0 Å². The Hall–Kier alpha value is -4.30. The lowest BCUT2D eigenvalue weighted by atomic mass is 10.1. The third kappa shape index (κ3) is 4.97. The number of carbonyl (C=O) groups is 3. The summed E-state index contributed by atoms with van der Waals surface area (Å²) in [6.45, 7) is 0.421. The van der Waals surface area contributed by atoms with Crippen LogP contribution < -0.4 is 15.0 Å². The maximum Gasteiger partial charge on any atom is 0.335 e. The molecule has 2 N–H and O–H groups in total. The summed E-state index contributed by atoms with van der Waals surface area (Å²) in [5.74, 6) is -1.76. The van der Waals surface area contributed by atoms with Gasteiger partial charge in [-0.05, 0) is 59.8 Å². The Morgan fingerprint density at radius 1 is 1.00 bits per heavy atom. The molecule has 1 saturated heterocycles. The van der Waals surface area contributed by atoms with Crippen LogP contribution in [0.4, 0.5) is 5.69 Å². The van der Waals surface area contributed by atoms with Crippen LogP contribution in [0.25, 0.3) is 6.08 Å². The first kappa shape index (κ1) is 21.9. The highest BCUT2D eigenvalue weighted by atomic mass is 32.1. The molecule has 4 rings (SSSR count). The highest BCUT2D eigenvalue weighted by Gasteiger charge is 2.34. The monoisotopic (exact) mass is 458 g/mol. The summed E-state index contributed by atoms with van der Waals surface area (Å²) in [7, 11) is 0. The maximum absolute atomic E-state index is 13.1. The fourth-order valence-corrected chi connectivity index (χ4v) is 3.52. The molecule has 0 aromatic heterocycles. The summed E-state index contributed by atoms with van der Waals surface area (Å²) in [4.78, 5) is 37.9. The molecule has 3 aromatic rings. The van der Waals surface area contributed by atoms with E-state index in [1.807, 2.05) is 30.3 Å². The van der Waals surface area contributed by atoms with E-state index >= 15 is 0 Å². The van der Waals surface area contributed by atoms with E-state index < -0.39 is 17.8 Å². The lowest BCUT2D eigenvalue weighted by Gasteiger charge is -2.29. The van der Waals surface area contributed by atoms with Gasteiger partial charge < -0.3 is 9.84 Å². The lowest BCUT2D eigenvalue weighted by Crippen LogP contribution is -2.54. The summed E-state index contributed by atoms with van der Waals surface area (Å²) >= 11 is 5.16. The van der Waals surface area contributed by atoms with Gasteiger partial charge in [-0.15, -0.1) is 0 Å². The van der Waals surface area contributed by atoms with E-state index in [9.17, 15) is 19.5 Å². The average molecular weight is 458 g/mol. The minimum atomic E-state index is -1.14. The van der Waals surface area contributed by atoms with E-state index in [1.54, 1.807) is 30.3 Å². The molecule has 0 spiro atoms. The molecule has 1 fully saturated rings. The molecule has 0 atom stereocenters. The molecule has 8 heteroatoms. The molecule has 1 heterocycles. The van der Waals surface area contributed by atoms with Gasteiger partial charge in [0.05, 0.1) is 11.3 Å². The molecule has 164 valence electrons. The molecule has 3 aromatic carbocycles. The van der Waals surface area contributed by atoms with Gasteiger partial charge in [-0.25, -0.2) is 4.79 Å². The predicted molar refractivity (Wildman–Crippen MR) is 127 cm³/mol. The van der Waals surface area contributed by atoms with Crippen LogP contribution in [0.15, 0.2) is 84.4 Å². The third-order valence-corrected chi connectivity index (χ3v) is 5.18. The van der Waals surface area contributed by atoms with Crippen LogP contribution in [-0.4, -0.2) is 28.0 Å². The van der Waals surface area contributed by atoms with Gasteiger partial charge >= 0.3 is 5.97 Å². The highest BCUT2D eigenvalue weighted by molar-refractivity contribution is 7.80. The van der Waals surface area contributed by atoms with Crippen molar-refractivity contribution in [1.82, 2.24) is 5.32 Å². The van der Waals surface area contributed by atoms with Gasteiger partial charge in [0.15, 0.2) is 5.11 Å². The van der Waals surface area contributed by atoms with Crippen LogP contribution in [-0.2, 0) is 16.2 Å². The minimum absolute atomic E-state index is 0.00313. The second-order valence-corrected chi connectivity index (χ2v) is 7.54. The van der Waals surface area contributed by atoms with Crippen molar-refractivity contribution in [2.45, 2.75) is 6.61 Å². The SMILES string of the molecule is O=C1NC(=S)N(c2cccc(C(=O)O)c2)C(=O)C1=Cc1ccc(OCc2ccccc2)cc1. The minimum Gasteiger partial charge on any atom is -0.489 e. The van der Waals surface area contributed by atoms with E-state index in [0.717, 1.165) is 10.5 Å². The van der Waals surface area contributed by atoms with Gasteiger partial charge in [0.1, 0.15) is 17.9 Å². The second-order valence-electron chi connectivity index (χ2n) is 7.16. The molecular weight excluding hydrogens is 440 g/mol. The van der Waals surface area contributed by atoms with Crippen LogP contribution in [0.2, 0.25) is 0 Å². The number of benzene rings is 3. The first-order valence-corrected chi connectivity index (χ1v) is 10.3. The zero-order chi connectivity index (χ0) is 23.4. The molecule has 1 aliphatic heterocycles. The molecule has 0 radical (unpaired) electrons. The quantitative estimate of drug-likeness (QED) is 0.332. The number of aromatic carboxylic acids is 1. The summed E-state index contributed by atoms with van der Waals surface area (Å²) in [6, 6.07) is 22.5. The van der Waals surface area contributed by atoms with Crippen molar-refractivity contribution in [3.05, 3.63) is 101 Å². The van der Waals surface area contributed by atoms with Gasteiger partial charge in [-0.2, -0.15) is 0 Å². The van der Waals surface area contributed by atoms with Crippen molar-refractivity contribution >= 4 is 46.9 Å². The lowest BCUT2D eigenvalue weighted by molar-refractivity contribution is -0.122. The molecule has 0 saturated carbocycles. The average Bonchev–Trinajstić information content (AvgIpc) is 2.82. The number of thiocarbonyl (C=S) groups is 1. The molecule has 0 unspecified atom stereocenters.